The lowest BCUT2D eigenvalue weighted by molar-refractivity contribution is -0.137. The Balaban J connectivity index is 2.18. The monoisotopic (exact) mass is 289 g/mol. The second-order valence-corrected chi connectivity index (χ2v) is 5.12. The molecule has 3 nitrogen and oxygen atoms in total. The van der Waals surface area contributed by atoms with Gasteiger partial charge in [0.15, 0.2) is 0 Å². The number of rotatable bonds is 5. The van der Waals surface area contributed by atoms with Crippen molar-refractivity contribution in [1.29, 1.82) is 0 Å². The zero-order valence-electron chi connectivity index (χ0n) is 10.9. The standard InChI is InChI=1S/C16H16ClNO2/c17-14-7-2-1-5-12(14)8-11-4-3-6-13(9-11)15(18)10-16(19)20/h1-7,9,15H,8,10,18H2,(H,19,20). The Morgan fingerprint density at radius 1 is 1.20 bits per heavy atom. The van der Waals surface area contributed by atoms with Crippen molar-refractivity contribution in [2.24, 2.45) is 5.73 Å². The van der Waals surface area contributed by atoms with Gasteiger partial charge in [0.1, 0.15) is 0 Å². The first-order chi connectivity index (χ1) is 9.56. The molecule has 0 aliphatic heterocycles. The summed E-state index contributed by atoms with van der Waals surface area (Å²) in [6.45, 7) is 0. The fraction of sp³-hybridized carbons (Fsp3) is 0.188. The molecule has 104 valence electrons. The third kappa shape index (κ3) is 3.83. The fourth-order valence-electron chi connectivity index (χ4n) is 2.10. The van der Waals surface area contributed by atoms with Crippen LogP contribution in [0.2, 0.25) is 5.02 Å². The first-order valence-corrected chi connectivity index (χ1v) is 6.73. The van der Waals surface area contributed by atoms with Crippen LogP contribution in [0.25, 0.3) is 0 Å². The summed E-state index contributed by atoms with van der Waals surface area (Å²) in [6.07, 6.45) is 0.628. The van der Waals surface area contributed by atoms with Crippen LogP contribution in [0, 0.1) is 0 Å². The summed E-state index contributed by atoms with van der Waals surface area (Å²) in [5.41, 5.74) is 8.82. The average Bonchev–Trinajstić information content (AvgIpc) is 2.41. The molecule has 2 rings (SSSR count). The van der Waals surface area contributed by atoms with Gasteiger partial charge in [0.25, 0.3) is 0 Å². The second kappa shape index (κ2) is 6.55. The molecule has 0 saturated carbocycles. The van der Waals surface area contributed by atoms with Crippen molar-refractivity contribution in [1.82, 2.24) is 0 Å². The molecule has 0 aromatic heterocycles. The summed E-state index contributed by atoms with van der Waals surface area (Å²) in [4.78, 5) is 10.7. The van der Waals surface area contributed by atoms with Crippen LogP contribution >= 0.6 is 11.6 Å². The first kappa shape index (κ1) is 14.6. The third-order valence-electron chi connectivity index (χ3n) is 3.13. The molecular weight excluding hydrogens is 274 g/mol. The molecule has 20 heavy (non-hydrogen) atoms. The van der Waals surface area contributed by atoms with Crippen LogP contribution < -0.4 is 5.73 Å². The van der Waals surface area contributed by atoms with Gasteiger partial charge in [0.05, 0.1) is 6.42 Å². The molecule has 3 N–H and O–H groups in total. The number of hydrogen-bond acceptors (Lipinski definition) is 2. The molecule has 0 aliphatic rings. The van der Waals surface area contributed by atoms with Crippen LogP contribution in [0.5, 0.6) is 0 Å². The molecule has 0 saturated heterocycles. The Labute approximate surface area is 123 Å². The van der Waals surface area contributed by atoms with Gasteiger partial charge in [-0.3, -0.25) is 4.79 Å². The summed E-state index contributed by atoms with van der Waals surface area (Å²) < 4.78 is 0. The van der Waals surface area contributed by atoms with E-state index >= 15 is 0 Å². The van der Waals surface area contributed by atoms with Gasteiger partial charge >= 0.3 is 5.97 Å². The van der Waals surface area contributed by atoms with Crippen molar-refractivity contribution >= 4 is 17.6 Å². The molecule has 0 bridgehead atoms. The highest BCUT2D eigenvalue weighted by Crippen LogP contribution is 2.21. The number of carboxylic acid groups (broad SMARTS) is 1. The van der Waals surface area contributed by atoms with Gasteiger partial charge in [-0.25, -0.2) is 0 Å². The van der Waals surface area contributed by atoms with E-state index in [4.69, 9.17) is 22.4 Å². The predicted molar refractivity (Wildman–Crippen MR) is 79.9 cm³/mol. The third-order valence-corrected chi connectivity index (χ3v) is 3.49. The molecule has 0 radical (unpaired) electrons. The normalized spacial score (nSPS) is 12.1. The Hall–Kier alpha value is -1.84. The molecule has 1 atom stereocenters. The number of hydrogen-bond donors (Lipinski definition) is 2. The maximum absolute atomic E-state index is 10.7. The molecule has 0 amide bonds. The molecule has 4 heteroatoms. The SMILES string of the molecule is NC(CC(=O)O)c1cccc(Cc2ccccc2Cl)c1. The van der Waals surface area contributed by atoms with Crippen molar-refractivity contribution in [3.63, 3.8) is 0 Å². The van der Waals surface area contributed by atoms with Crippen LogP contribution in [-0.2, 0) is 11.2 Å². The summed E-state index contributed by atoms with van der Waals surface area (Å²) in [5.74, 6) is -0.894. The highest BCUT2D eigenvalue weighted by molar-refractivity contribution is 6.31. The molecular formula is C16H16ClNO2. The number of halogens is 1. The second-order valence-electron chi connectivity index (χ2n) is 4.72. The quantitative estimate of drug-likeness (QED) is 0.886. The van der Waals surface area contributed by atoms with Crippen molar-refractivity contribution < 1.29 is 9.90 Å². The molecule has 2 aromatic carbocycles. The summed E-state index contributed by atoms with van der Waals surface area (Å²) in [6, 6.07) is 14.9. The molecule has 0 heterocycles. The van der Waals surface area contributed by atoms with Gasteiger partial charge in [-0.2, -0.15) is 0 Å². The first-order valence-electron chi connectivity index (χ1n) is 6.36. The van der Waals surface area contributed by atoms with E-state index in [9.17, 15) is 4.79 Å². The lowest BCUT2D eigenvalue weighted by atomic mass is 9.98. The van der Waals surface area contributed by atoms with Gasteiger partial charge in [-0.05, 0) is 29.2 Å². The van der Waals surface area contributed by atoms with E-state index < -0.39 is 12.0 Å². The smallest absolute Gasteiger partial charge is 0.305 e. The zero-order chi connectivity index (χ0) is 14.5. The highest BCUT2D eigenvalue weighted by atomic mass is 35.5. The van der Waals surface area contributed by atoms with Crippen molar-refractivity contribution in [2.75, 3.05) is 0 Å². The number of carboxylic acids is 1. The largest absolute Gasteiger partial charge is 0.481 e. The number of benzene rings is 2. The van der Waals surface area contributed by atoms with Gasteiger partial charge in [0.2, 0.25) is 0 Å². The summed E-state index contributed by atoms with van der Waals surface area (Å²) in [7, 11) is 0. The minimum Gasteiger partial charge on any atom is -0.481 e. The predicted octanol–water partition coefficient (Wildman–Crippen LogP) is 3.41. The minimum atomic E-state index is -0.894. The number of nitrogens with two attached hydrogens (primary N) is 1. The van der Waals surface area contributed by atoms with Crippen molar-refractivity contribution in [3.8, 4) is 0 Å². The average molecular weight is 290 g/mol. The van der Waals surface area contributed by atoms with Crippen molar-refractivity contribution in [2.45, 2.75) is 18.9 Å². The van der Waals surface area contributed by atoms with E-state index in [0.29, 0.717) is 6.42 Å². The minimum absolute atomic E-state index is 0.0739. The lowest BCUT2D eigenvalue weighted by Crippen LogP contribution is -2.15. The summed E-state index contributed by atoms with van der Waals surface area (Å²) >= 11 is 6.14. The fourth-order valence-corrected chi connectivity index (χ4v) is 2.30. The molecule has 0 spiro atoms. The maximum atomic E-state index is 10.7. The molecule has 0 aliphatic carbocycles. The Bertz CT molecular complexity index is 613. The Morgan fingerprint density at radius 3 is 2.65 bits per heavy atom. The van der Waals surface area contributed by atoms with Gasteiger partial charge in [-0.15, -0.1) is 0 Å². The lowest BCUT2D eigenvalue weighted by Gasteiger charge is -2.11. The maximum Gasteiger partial charge on any atom is 0.305 e. The van der Waals surface area contributed by atoms with Crippen LogP contribution in [0.1, 0.15) is 29.2 Å². The summed E-state index contributed by atoms with van der Waals surface area (Å²) in [5, 5.41) is 9.52. The van der Waals surface area contributed by atoms with Crippen LogP contribution in [0.15, 0.2) is 48.5 Å². The van der Waals surface area contributed by atoms with E-state index in [-0.39, 0.29) is 6.42 Å². The van der Waals surface area contributed by atoms with Crippen LogP contribution in [0.3, 0.4) is 0 Å². The molecule has 2 aromatic rings. The van der Waals surface area contributed by atoms with Gasteiger partial charge in [-0.1, -0.05) is 54.1 Å². The van der Waals surface area contributed by atoms with E-state index in [1.54, 1.807) is 0 Å². The molecule has 0 fully saturated rings. The molecule has 1 unspecified atom stereocenters. The van der Waals surface area contributed by atoms with E-state index in [0.717, 1.165) is 21.7 Å². The number of aliphatic carboxylic acids is 1. The van der Waals surface area contributed by atoms with Crippen LogP contribution in [0.4, 0.5) is 0 Å². The van der Waals surface area contributed by atoms with Crippen molar-refractivity contribution in [3.05, 3.63) is 70.2 Å². The highest BCUT2D eigenvalue weighted by Gasteiger charge is 2.11. The Morgan fingerprint density at radius 2 is 1.95 bits per heavy atom. The van der Waals surface area contributed by atoms with Gasteiger partial charge < -0.3 is 10.8 Å². The van der Waals surface area contributed by atoms with E-state index in [1.807, 2.05) is 48.5 Å². The van der Waals surface area contributed by atoms with Gasteiger partial charge in [0, 0.05) is 11.1 Å². The number of carbonyl (C=O) groups is 1. The van der Waals surface area contributed by atoms with E-state index in [1.165, 1.54) is 0 Å². The Kier molecular flexibility index (Phi) is 4.77. The van der Waals surface area contributed by atoms with Crippen LogP contribution in [-0.4, -0.2) is 11.1 Å². The van der Waals surface area contributed by atoms with E-state index in [2.05, 4.69) is 0 Å². The topological polar surface area (TPSA) is 63.3 Å². The zero-order valence-corrected chi connectivity index (χ0v) is 11.7.